The predicted molar refractivity (Wildman–Crippen MR) is 132 cm³/mol. The molecule has 0 aromatic heterocycles. The third kappa shape index (κ3) is 4.85. The second kappa shape index (κ2) is 8.86. The van der Waals surface area contributed by atoms with Gasteiger partial charge in [-0.15, -0.1) is 0 Å². The summed E-state index contributed by atoms with van der Waals surface area (Å²) in [5.41, 5.74) is 1.03. The first-order valence-corrected chi connectivity index (χ1v) is 11.1. The van der Waals surface area contributed by atoms with E-state index in [0.717, 1.165) is 11.1 Å². The smallest absolute Gasteiger partial charge is 0.150 e. The number of carboxylic acid groups (broad SMARTS) is 1. The lowest BCUT2D eigenvalue weighted by molar-refractivity contribution is -0.311. The van der Waals surface area contributed by atoms with E-state index in [4.69, 9.17) is 0 Å². The van der Waals surface area contributed by atoms with Crippen LogP contribution in [0, 0.1) is 0 Å². The maximum Gasteiger partial charge on any atom is 0.150 e. The van der Waals surface area contributed by atoms with Crippen molar-refractivity contribution in [2.45, 2.75) is 57.9 Å². The number of rotatable bonds is 5. The van der Waals surface area contributed by atoms with Crippen molar-refractivity contribution in [1.82, 2.24) is 0 Å². The molecule has 1 N–H and O–H groups in total. The molecule has 0 saturated carbocycles. The van der Waals surface area contributed by atoms with Crippen LogP contribution >= 0.6 is 0 Å². The number of aromatic hydroxyl groups is 1. The van der Waals surface area contributed by atoms with Crippen molar-refractivity contribution in [2.75, 3.05) is 0 Å². The van der Waals surface area contributed by atoms with Gasteiger partial charge in [0.25, 0.3) is 0 Å². The quantitative estimate of drug-likeness (QED) is 0.559. The van der Waals surface area contributed by atoms with E-state index < -0.39 is 11.5 Å². The monoisotopic (exact) mass is 442 g/mol. The van der Waals surface area contributed by atoms with E-state index in [-0.39, 0.29) is 16.6 Å². The van der Waals surface area contributed by atoms with Crippen LogP contribution in [0.5, 0.6) is 5.75 Å². The van der Waals surface area contributed by atoms with Gasteiger partial charge in [-0.1, -0.05) is 108 Å². The highest BCUT2D eigenvalue weighted by atomic mass is 16.4. The van der Waals surface area contributed by atoms with Crippen LogP contribution in [0.1, 0.15) is 69.4 Å². The van der Waals surface area contributed by atoms with Gasteiger partial charge in [0.1, 0.15) is 11.3 Å². The molecule has 33 heavy (non-hydrogen) atoms. The van der Waals surface area contributed by atoms with E-state index in [9.17, 15) is 15.0 Å². The van der Waals surface area contributed by atoms with Crippen molar-refractivity contribution in [3.63, 3.8) is 0 Å². The Morgan fingerprint density at radius 2 is 1.27 bits per heavy atom. The van der Waals surface area contributed by atoms with E-state index in [1.54, 1.807) is 48.5 Å². The number of benzene rings is 3. The fourth-order valence-corrected chi connectivity index (χ4v) is 3.89. The lowest BCUT2D eigenvalue weighted by atomic mass is 9.79. The number of aliphatic imine (C=N–C) groups is 1. The summed E-state index contributed by atoms with van der Waals surface area (Å²) < 4.78 is 0. The van der Waals surface area contributed by atoms with Crippen molar-refractivity contribution in [3.05, 3.63) is 101 Å². The maximum atomic E-state index is 12.7. The Kier molecular flexibility index (Phi) is 6.51. The largest absolute Gasteiger partial charge is 0.547 e. The molecule has 4 nitrogen and oxygen atoms in total. The summed E-state index contributed by atoms with van der Waals surface area (Å²) in [6.07, 6.45) is 1.47. The number of phenolic OH excluding ortho intramolecular Hbond substituents is 1. The summed E-state index contributed by atoms with van der Waals surface area (Å²) in [6, 6.07) is 21.6. The molecular formula is C29H32NO3-. The molecule has 0 saturated heterocycles. The van der Waals surface area contributed by atoms with Crippen molar-refractivity contribution in [2.24, 2.45) is 4.99 Å². The van der Waals surface area contributed by atoms with Crippen molar-refractivity contribution in [3.8, 4) is 5.75 Å². The first-order chi connectivity index (χ1) is 15.4. The summed E-state index contributed by atoms with van der Waals surface area (Å²) in [7, 11) is 0. The summed E-state index contributed by atoms with van der Waals surface area (Å²) >= 11 is 0. The molecule has 0 atom stereocenters. The minimum Gasteiger partial charge on any atom is -0.547 e. The Hall–Kier alpha value is -3.40. The van der Waals surface area contributed by atoms with Gasteiger partial charge in [0.15, 0.2) is 0 Å². The van der Waals surface area contributed by atoms with E-state index in [2.05, 4.69) is 25.8 Å². The Morgan fingerprint density at radius 3 is 1.67 bits per heavy atom. The number of carboxylic acids is 1. The van der Waals surface area contributed by atoms with Gasteiger partial charge in [0.05, 0.1) is 5.97 Å². The van der Waals surface area contributed by atoms with Crippen molar-refractivity contribution >= 4 is 12.2 Å². The second-order valence-electron chi connectivity index (χ2n) is 10.4. The molecule has 3 aromatic carbocycles. The van der Waals surface area contributed by atoms with Crippen LogP contribution in [0.25, 0.3) is 0 Å². The first kappa shape index (κ1) is 24.2. The van der Waals surface area contributed by atoms with Gasteiger partial charge in [-0.25, -0.2) is 0 Å². The highest BCUT2D eigenvalue weighted by Crippen LogP contribution is 2.38. The SMILES string of the molecule is CC(C)(C)c1cc(C=NC(C(=O)[O-])(c2ccccc2)c2ccccc2)c(O)c(C(C)(C)C)c1. The Bertz CT molecular complexity index is 1110. The molecule has 3 aromatic rings. The van der Waals surface area contributed by atoms with Crippen LogP contribution in [-0.2, 0) is 21.2 Å². The average molecular weight is 443 g/mol. The third-order valence-corrected chi connectivity index (χ3v) is 5.89. The van der Waals surface area contributed by atoms with Gasteiger partial charge >= 0.3 is 0 Å². The molecule has 0 spiro atoms. The van der Waals surface area contributed by atoms with Crippen LogP contribution in [0.15, 0.2) is 77.8 Å². The molecule has 172 valence electrons. The lowest BCUT2D eigenvalue weighted by Gasteiger charge is -2.32. The zero-order valence-corrected chi connectivity index (χ0v) is 20.2. The summed E-state index contributed by atoms with van der Waals surface area (Å²) in [5.74, 6) is -1.23. The van der Waals surface area contributed by atoms with Crippen LogP contribution in [0.4, 0.5) is 0 Å². The molecule has 3 rings (SSSR count). The highest BCUT2D eigenvalue weighted by Gasteiger charge is 2.35. The van der Waals surface area contributed by atoms with E-state index in [1.807, 2.05) is 45.0 Å². The van der Waals surface area contributed by atoms with Gasteiger partial charge in [-0.2, -0.15) is 0 Å². The van der Waals surface area contributed by atoms with Crippen LogP contribution in [0.2, 0.25) is 0 Å². The molecule has 0 aliphatic rings. The molecule has 0 bridgehead atoms. The standard InChI is InChI=1S/C29H33NO3/c1-27(2,3)23-17-20(25(31)24(18-23)28(4,5)6)19-30-29(26(32)33,21-13-9-7-10-14-21)22-15-11-8-12-16-22/h7-19,31H,1-6H3,(H,32,33)/p-1. The predicted octanol–water partition coefficient (Wildman–Crippen LogP) is 5.10. The molecule has 0 fully saturated rings. The Labute approximate surface area is 196 Å². The molecule has 0 aliphatic carbocycles. The van der Waals surface area contributed by atoms with E-state index in [0.29, 0.717) is 16.7 Å². The Morgan fingerprint density at radius 1 is 0.788 bits per heavy atom. The lowest BCUT2D eigenvalue weighted by Crippen LogP contribution is -2.45. The van der Waals surface area contributed by atoms with Crippen molar-refractivity contribution in [1.29, 1.82) is 0 Å². The minimum absolute atomic E-state index is 0.104. The summed E-state index contributed by atoms with van der Waals surface area (Å²) in [6.45, 7) is 12.4. The second-order valence-corrected chi connectivity index (χ2v) is 10.4. The number of aliphatic carboxylic acids is 1. The number of carbonyl (C=O) groups is 1. The normalized spacial score (nSPS) is 12.8. The van der Waals surface area contributed by atoms with E-state index in [1.165, 1.54) is 6.21 Å². The number of hydrogen-bond acceptors (Lipinski definition) is 4. The average Bonchev–Trinajstić information content (AvgIpc) is 2.75. The van der Waals surface area contributed by atoms with Crippen molar-refractivity contribution < 1.29 is 15.0 Å². The van der Waals surface area contributed by atoms with Crippen LogP contribution < -0.4 is 5.11 Å². The third-order valence-electron chi connectivity index (χ3n) is 5.89. The number of phenols is 1. The fraction of sp³-hybridized carbons (Fsp3) is 0.310. The van der Waals surface area contributed by atoms with Gasteiger partial charge in [-0.05, 0) is 33.6 Å². The van der Waals surface area contributed by atoms with Gasteiger partial charge in [-0.3, -0.25) is 4.99 Å². The topological polar surface area (TPSA) is 72.7 Å². The summed E-state index contributed by atoms with van der Waals surface area (Å²) in [5, 5.41) is 23.8. The van der Waals surface area contributed by atoms with Gasteiger partial charge in [0.2, 0.25) is 0 Å². The van der Waals surface area contributed by atoms with Crippen LogP contribution in [-0.4, -0.2) is 17.3 Å². The Balaban J connectivity index is 2.30. The summed E-state index contributed by atoms with van der Waals surface area (Å²) in [4.78, 5) is 17.3. The molecule has 4 heteroatoms. The number of nitrogens with zero attached hydrogens (tertiary/aromatic N) is 1. The number of carbonyl (C=O) groups excluding carboxylic acids is 1. The molecule has 0 amide bonds. The molecule has 0 heterocycles. The fourth-order valence-electron chi connectivity index (χ4n) is 3.89. The highest BCUT2D eigenvalue weighted by molar-refractivity contribution is 5.91. The number of hydrogen-bond donors (Lipinski definition) is 1. The van der Waals surface area contributed by atoms with Crippen LogP contribution in [0.3, 0.4) is 0 Å². The first-order valence-electron chi connectivity index (χ1n) is 11.1. The minimum atomic E-state index is -1.76. The van der Waals surface area contributed by atoms with E-state index >= 15 is 0 Å². The van der Waals surface area contributed by atoms with Gasteiger partial charge < -0.3 is 15.0 Å². The zero-order chi connectivity index (χ0) is 24.4. The van der Waals surface area contributed by atoms with Gasteiger partial charge in [0, 0.05) is 17.3 Å². The molecular weight excluding hydrogens is 410 g/mol. The molecule has 0 radical (unpaired) electrons. The zero-order valence-electron chi connectivity index (χ0n) is 20.2. The molecule has 0 unspecified atom stereocenters. The molecule has 0 aliphatic heterocycles. The maximum absolute atomic E-state index is 12.7.